The minimum Gasteiger partial charge on any atom is -0.352 e. The molecule has 0 aromatic carbocycles. The highest BCUT2D eigenvalue weighted by molar-refractivity contribution is 5.75. The van der Waals surface area contributed by atoms with Crippen LogP contribution in [0.4, 0.5) is 0 Å². The molecular weight excluding hydrogens is 310 g/mol. The number of terminal acetylenes is 1. The van der Waals surface area contributed by atoms with Crippen LogP contribution in [0.5, 0.6) is 0 Å². The molecule has 8 nitrogen and oxygen atoms in total. The van der Waals surface area contributed by atoms with Gasteiger partial charge in [-0.1, -0.05) is 0 Å². The number of rotatable bonds is 8. The van der Waals surface area contributed by atoms with Crippen LogP contribution in [0.2, 0.25) is 0 Å². The Morgan fingerprint density at radius 1 is 1.42 bits per heavy atom. The lowest BCUT2D eigenvalue weighted by atomic mass is 10.0. The molecule has 0 saturated heterocycles. The topological polar surface area (TPSA) is 109 Å². The summed E-state index contributed by atoms with van der Waals surface area (Å²) >= 11 is 0. The fourth-order valence-corrected chi connectivity index (χ4v) is 2.54. The molecule has 1 saturated carbocycles. The molecule has 2 aliphatic rings. The number of hydrogen-bond donors (Lipinski definition) is 2. The van der Waals surface area contributed by atoms with E-state index in [1.165, 1.54) is 4.57 Å². The zero-order valence-corrected chi connectivity index (χ0v) is 13.2. The molecule has 0 spiro atoms. The van der Waals surface area contributed by atoms with E-state index in [0.29, 0.717) is 24.8 Å². The maximum atomic E-state index is 12.0. The molecule has 0 bridgehead atoms. The predicted molar refractivity (Wildman–Crippen MR) is 86.3 cm³/mol. The molecule has 8 heteroatoms. The van der Waals surface area contributed by atoms with E-state index in [-0.39, 0.29) is 24.9 Å². The van der Waals surface area contributed by atoms with Crippen molar-refractivity contribution in [3.63, 3.8) is 0 Å². The Hall–Kier alpha value is -2.69. The van der Waals surface area contributed by atoms with E-state index >= 15 is 0 Å². The quantitative estimate of drug-likeness (QED) is 0.690. The summed E-state index contributed by atoms with van der Waals surface area (Å²) in [6.07, 6.45) is 10.6. The van der Waals surface area contributed by atoms with Crippen molar-refractivity contribution < 1.29 is 4.79 Å². The Morgan fingerprint density at radius 3 is 2.79 bits per heavy atom. The van der Waals surface area contributed by atoms with Crippen LogP contribution in [0.25, 0.3) is 0 Å². The Labute approximate surface area is 138 Å². The maximum absolute atomic E-state index is 12.0. The number of amides is 1. The van der Waals surface area contributed by atoms with Crippen LogP contribution >= 0.6 is 0 Å². The second-order valence-corrected chi connectivity index (χ2v) is 6.22. The summed E-state index contributed by atoms with van der Waals surface area (Å²) in [4.78, 5) is 37.8. The van der Waals surface area contributed by atoms with E-state index in [9.17, 15) is 14.4 Å². The lowest BCUT2D eigenvalue weighted by molar-refractivity contribution is -0.121. The maximum Gasteiger partial charge on any atom is 0.328 e. The average molecular weight is 329 g/mol. The van der Waals surface area contributed by atoms with Crippen LogP contribution in [-0.2, 0) is 11.3 Å². The molecule has 1 aromatic heterocycles. The molecule has 1 aliphatic carbocycles. The number of hydrogen-bond acceptors (Lipinski definition) is 5. The number of aromatic nitrogens is 2. The number of carbonyl (C=O) groups excluding carboxylic acids is 1. The molecule has 2 N–H and O–H groups in total. The Morgan fingerprint density at radius 2 is 2.17 bits per heavy atom. The first-order valence-electron chi connectivity index (χ1n) is 8.01. The monoisotopic (exact) mass is 329 g/mol. The normalized spacial score (nSPS) is 17.3. The van der Waals surface area contributed by atoms with Gasteiger partial charge in [-0.2, -0.15) is 10.2 Å². The van der Waals surface area contributed by atoms with Gasteiger partial charge in [-0.3, -0.25) is 19.1 Å². The smallest absolute Gasteiger partial charge is 0.328 e. The van der Waals surface area contributed by atoms with Gasteiger partial charge in [0.05, 0.1) is 5.56 Å². The van der Waals surface area contributed by atoms with E-state index < -0.39 is 16.9 Å². The third-order valence-corrected chi connectivity index (χ3v) is 4.26. The van der Waals surface area contributed by atoms with Gasteiger partial charge >= 0.3 is 5.69 Å². The third kappa shape index (κ3) is 3.79. The van der Waals surface area contributed by atoms with Crippen LogP contribution in [0.1, 0.15) is 50.1 Å². The SMILES string of the molecule is C#CCCC1(CCC(=O)NCc2cn(C3CC3)c(=O)[nH]c2=O)N=N1. The Balaban J connectivity index is 1.51. The Kier molecular flexibility index (Phi) is 4.34. The highest BCUT2D eigenvalue weighted by Gasteiger charge is 2.39. The first kappa shape index (κ1) is 16.2. The summed E-state index contributed by atoms with van der Waals surface area (Å²) in [5, 5.41) is 10.7. The van der Waals surface area contributed by atoms with Crippen LogP contribution in [0.15, 0.2) is 26.0 Å². The summed E-state index contributed by atoms with van der Waals surface area (Å²) < 4.78 is 1.53. The van der Waals surface area contributed by atoms with E-state index in [1.54, 1.807) is 6.20 Å². The molecule has 1 fully saturated rings. The van der Waals surface area contributed by atoms with Crippen molar-refractivity contribution in [3.8, 4) is 12.3 Å². The predicted octanol–water partition coefficient (Wildman–Crippen LogP) is 0.843. The van der Waals surface area contributed by atoms with Crippen LogP contribution in [-0.4, -0.2) is 21.1 Å². The number of nitrogens with zero attached hydrogens (tertiary/aromatic N) is 3. The molecule has 24 heavy (non-hydrogen) atoms. The second-order valence-electron chi connectivity index (χ2n) is 6.22. The number of carbonyl (C=O) groups is 1. The van der Waals surface area contributed by atoms with Gasteiger partial charge in [0, 0.05) is 44.5 Å². The van der Waals surface area contributed by atoms with Crippen molar-refractivity contribution in [3.05, 3.63) is 32.6 Å². The fourth-order valence-electron chi connectivity index (χ4n) is 2.54. The summed E-state index contributed by atoms with van der Waals surface area (Å²) in [6, 6.07) is 0.165. The van der Waals surface area contributed by atoms with E-state index in [4.69, 9.17) is 6.42 Å². The van der Waals surface area contributed by atoms with Crippen molar-refractivity contribution in [2.24, 2.45) is 10.2 Å². The summed E-state index contributed by atoms with van der Waals surface area (Å²) in [5.41, 5.74) is -0.974. The van der Waals surface area contributed by atoms with Gasteiger partial charge in [-0.05, 0) is 12.8 Å². The van der Waals surface area contributed by atoms with Crippen LogP contribution < -0.4 is 16.6 Å². The highest BCUT2D eigenvalue weighted by Crippen LogP contribution is 2.37. The minimum absolute atomic E-state index is 0.0901. The molecule has 3 rings (SSSR count). The van der Waals surface area contributed by atoms with Crippen molar-refractivity contribution in [2.45, 2.75) is 56.8 Å². The Bertz CT molecular complexity index is 819. The summed E-state index contributed by atoms with van der Waals surface area (Å²) in [6.45, 7) is 0.0901. The average Bonchev–Trinajstić information content (AvgIpc) is 3.45. The standard InChI is InChI=1S/C16H19N5O3/c1-2-3-7-16(19-20-16)8-6-13(22)17-9-11-10-21(12-4-5-12)15(24)18-14(11)23/h1,10,12H,3-9H2,(H,17,22)(H,18,23,24). The molecule has 1 aliphatic heterocycles. The number of nitrogens with one attached hydrogen (secondary N) is 2. The van der Waals surface area contributed by atoms with Crippen LogP contribution in [0.3, 0.4) is 0 Å². The molecule has 1 aromatic rings. The van der Waals surface area contributed by atoms with Gasteiger partial charge in [-0.15, -0.1) is 12.3 Å². The van der Waals surface area contributed by atoms with E-state index in [2.05, 4.69) is 26.4 Å². The van der Waals surface area contributed by atoms with Crippen LogP contribution in [0, 0.1) is 12.3 Å². The summed E-state index contributed by atoms with van der Waals surface area (Å²) in [7, 11) is 0. The molecule has 0 unspecified atom stereocenters. The largest absolute Gasteiger partial charge is 0.352 e. The van der Waals surface area contributed by atoms with Gasteiger partial charge in [0.15, 0.2) is 5.66 Å². The molecule has 0 atom stereocenters. The van der Waals surface area contributed by atoms with Gasteiger partial charge < -0.3 is 5.32 Å². The first-order chi connectivity index (χ1) is 11.5. The second kappa shape index (κ2) is 6.43. The molecule has 126 valence electrons. The van der Waals surface area contributed by atoms with Crippen molar-refractivity contribution in [2.75, 3.05) is 0 Å². The highest BCUT2D eigenvalue weighted by atomic mass is 16.2. The molecule has 1 amide bonds. The fraction of sp³-hybridized carbons (Fsp3) is 0.562. The van der Waals surface area contributed by atoms with Crippen molar-refractivity contribution in [1.29, 1.82) is 0 Å². The zero-order chi connectivity index (χ0) is 17.2. The number of H-pyrrole nitrogens is 1. The lowest BCUT2D eigenvalue weighted by Crippen LogP contribution is -2.34. The molecule has 0 radical (unpaired) electrons. The van der Waals surface area contributed by atoms with Gasteiger partial charge in [-0.25, -0.2) is 4.79 Å². The summed E-state index contributed by atoms with van der Waals surface area (Å²) in [5.74, 6) is 2.36. The van der Waals surface area contributed by atoms with Crippen molar-refractivity contribution >= 4 is 5.91 Å². The van der Waals surface area contributed by atoms with E-state index in [1.807, 2.05) is 0 Å². The van der Waals surface area contributed by atoms with Crippen molar-refractivity contribution in [1.82, 2.24) is 14.9 Å². The minimum atomic E-state index is -0.486. The molecular formula is C16H19N5O3. The van der Waals surface area contributed by atoms with Gasteiger partial charge in [0.25, 0.3) is 5.56 Å². The zero-order valence-electron chi connectivity index (χ0n) is 13.2. The van der Waals surface area contributed by atoms with Gasteiger partial charge in [0.2, 0.25) is 5.91 Å². The lowest BCUT2D eigenvalue weighted by Gasteiger charge is -2.10. The molecule has 2 heterocycles. The first-order valence-corrected chi connectivity index (χ1v) is 8.01. The number of aromatic amines is 1. The van der Waals surface area contributed by atoms with Gasteiger partial charge in [0.1, 0.15) is 0 Å². The third-order valence-electron chi connectivity index (χ3n) is 4.26. The van der Waals surface area contributed by atoms with E-state index in [0.717, 1.165) is 12.8 Å².